The molecule has 2 aromatic carbocycles. The van der Waals surface area contributed by atoms with E-state index in [0.29, 0.717) is 6.42 Å². The number of rotatable bonds is 10. The number of carboxylic acids is 2. The van der Waals surface area contributed by atoms with Crippen molar-refractivity contribution in [3.8, 4) is 0 Å². The molecule has 30 heavy (non-hydrogen) atoms. The monoisotopic (exact) mass is 416 g/mol. The summed E-state index contributed by atoms with van der Waals surface area (Å²) in [5.74, 6) is -3.49. The molecule has 1 unspecified atom stereocenters. The molecule has 0 saturated heterocycles. The fourth-order valence-electron chi connectivity index (χ4n) is 3.07. The normalized spacial score (nSPS) is 13.8. The van der Waals surface area contributed by atoms with E-state index in [1.165, 1.54) is 26.0 Å². The van der Waals surface area contributed by atoms with E-state index in [-0.39, 0.29) is 12.1 Å². The Labute approximate surface area is 174 Å². The van der Waals surface area contributed by atoms with Crippen molar-refractivity contribution in [3.05, 3.63) is 66.0 Å². The molecule has 0 radical (unpaired) electrons. The van der Waals surface area contributed by atoms with Gasteiger partial charge in [-0.05, 0) is 56.5 Å². The standard InChI is InChI=1S/C22H25FN2O5/c1-14(24-19(22(29)30)13-8-16-6-4-3-5-7-16)20(26)25(15(2)21(27)28)18-11-9-17(23)10-12-18/h3-7,9-12,14-15,19,24H,8,13H2,1-2H3,(H,27,28)(H,29,30)/t14-,15-,19?/m0/s1. The Hall–Kier alpha value is -3.26. The number of aryl methyl sites for hydroxylation is 1. The maximum absolute atomic E-state index is 13.3. The lowest BCUT2D eigenvalue weighted by Gasteiger charge is -2.30. The molecule has 3 atom stereocenters. The van der Waals surface area contributed by atoms with Gasteiger partial charge in [0.2, 0.25) is 5.91 Å². The topological polar surface area (TPSA) is 107 Å². The van der Waals surface area contributed by atoms with Crippen molar-refractivity contribution in [2.45, 2.75) is 44.8 Å². The van der Waals surface area contributed by atoms with Crippen molar-refractivity contribution in [2.24, 2.45) is 0 Å². The minimum atomic E-state index is -1.24. The fourth-order valence-corrected chi connectivity index (χ4v) is 3.07. The predicted molar refractivity (Wildman–Crippen MR) is 110 cm³/mol. The Morgan fingerprint density at radius 3 is 2.10 bits per heavy atom. The summed E-state index contributed by atoms with van der Waals surface area (Å²) in [7, 11) is 0. The van der Waals surface area contributed by atoms with Crippen LogP contribution in [0.25, 0.3) is 0 Å². The smallest absolute Gasteiger partial charge is 0.326 e. The molecule has 0 aromatic heterocycles. The van der Waals surface area contributed by atoms with E-state index in [0.717, 1.165) is 22.6 Å². The Balaban J connectivity index is 2.16. The van der Waals surface area contributed by atoms with Gasteiger partial charge in [-0.1, -0.05) is 30.3 Å². The summed E-state index contributed by atoms with van der Waals surface area (Å²) < 4.78 is 13.3. The summed E-state index contributed by atoms with van der Waals surface area (Å²) in [5.41, 5.74) is 1.18. The molecular weight excluding hydrogens is 391 g/mol. The highest BCUT2D eigenvalue weighted by molar-refractivity contribution is 6.01. The van der Waals surface area contributed by atoms with Crippen LogP contribution >= 0.6 is 0 Å². The second-order valence-corrected chi connectivity index (χ2v) is 7.00. The van der Waals surface area contributed by atoms with Crippen LogP contribution in [-0.2, 0) is 20.8 Å². The quantitative estimate of drug-likeness (QED) is 0.550. The molecule has 0 aliphatic carbocycles. The molecule has 0 bridgehead atoms. The van der Waals surface area contributed by atoms with Gasteiger partial charge in [0.05, 0.1) is 6.04 Å². The van der Waals surface area contributed by atoms with Gasteiger partial charge in [-0.3, -0.25) is 19.8 Å². The molecule has 2 aromatic rings. The molecular formula is C22H25FN2O5. The number of halogens is 1. The van der Waals surface area contributed by atoms with Gasteiger partial charge in [0.15, 0.2) is 0 Å². The molecule has 0 heterocycles. The molecule has 1 amide bonds. The molecule has 8 heteroatoms. The second kappa shape index (κ2) is 10.5. The largest absolute Gasteiger partial charge is 0.480 e. The highest BCUT2D eigenvalue weighted by Crippen LogP contribution is 2.20. The highest BCUT2D eigenvalue weighted by Gasteiger charge is 2.32. The van der Waals surface area contributed by atoms with Crippen LogP contribution in [0.2, 0.25) is 0 Å². The van der Waals surface area contributed by atoms with E-state index in [2.05, 4.69) is 5.32 Å². The summed E-state index contributed by atoms with van der Waals surface area (Å²) in [4.78, 5) is 37.2. The van der Waals surface area contributed by atoms with Crippen molar-refractivity contribution < 1.29 is 29.0 Å². The van der Waals surface area contributed by atoms with Gasteiger partial charge >= 0.3 is 11.9 Å². The van der Waals surface area contributed by atoms with Crippen molar-refractivity contribution in [2.75, 3.05) is 4.90 Å². The van der Waals surface area contributed by atoms with Gasteiger partial charge in [-0.25, -0.2) is 9.18 Å². The summed E-state index contributed by atoms with van der Waals surface area (Å²) in [6, 6.07) is 11.0. The maximum Gasteiger partial charge on any atom is 0.326 e. The van der Waals surface area contributed by atoms with Crippen molar-refractivity contribution in [1.29, 1.82) is 0 Å². The number of benzene rings is 2. The lowest BCUT2D eigenvalue weighted by Crippen LogP contribution is -2.54. The molecule has 7 nitrogen and oxygen atoms in total. The highest BCUT2D eigenvalue weighted by atomic mass is 19.1. The SMILES string of the molecule is C[C@H](NC(CCc1ccccc1)C(=O)O)C(=O)N(c1ccc(F)cc1)[C@@H](C)C(=O)O. The number of aliphatic carboxylic acids is 2. The lowest BCUT2D eigenvalue weighted by molar-refractivity contribution is -0.141. The van der Waals surface area contributed by atoms with E-state index >= 15 is 0 Å². The van der Waals surface area contributed by atoms with Crippen LogP contribution in [0.1, 0.15) is 25.8 Å². The lowest BCUT2D eigenvalue weighted by atomic mass is 10.0. The molecule has 0 fully saturated rings. The summed E-state index contributed by atoms with van der Waals surface area (Å²) in [5, 5.41) is 21.7. The third-order valence-corrected chi connectivity index (χ3v) is 4.77. The first-order valence-corrected chi connectivity index (χ1v) is 9.55. The zero-order valence-corrected chi connectivity index (χ0v) is 16.8. The molecule has 3 N–H and O–H groups in total. The van der Waals surface area contributed by atoms with Gasteiger partial charge in [-0.15, -0.1) is 0 Å². The molecule has 0 aliphatic rings. The van der Waals surface area contributed by atoms with Crippen LogP contribution in [0.15, 0.2) is 54.6 Å². The van der Waals surface area contributed by atoms with Crippen LogP contribution in [-0.4, -0.2) is 46.2 Å². The number of hydrogen-bond donors (Lipinski definition) is 3. The third-order valence-electron chi connectivity index (χ3n) is 4.77. The number of carbonyl (C=O) groups excluding carboxylic acids is 1. The molecule has 160 valence electrons. The van der Waals surface area contributed by atoms with Gasteiger partial charge in [0.25, 0.3) is 0 Å². The summed E-state index contributed by atoms with van der Waals surface area (Å²) >= 11 is 0. The van der Waals surface area contributed by atoms with Crippen molar-refractivity contribution in [1.82, 2.24) is 5.32 Å². The van der Waals surface area contributed by atoms with Crippen LogP contribution in [0.5, 0.6) is 0 Å². The number of amides is 1. The number of carboxylic acid groups (broad SMARTS) is 2. The zero-order chi connectivity index (χ0) is 22.3. The fraction of sp³-hybridized carbons (Fsp3) is 0.318. The average Bonchev–Trinajstić information content (AvgIpc) is 2.72. The van der Waals surface area contributed by atoms with Gasteiger partial charge in [0, 0.05) is 5.69 Å². The second-order valence-electron chi connectivity index (χ2n) is 7.00. The molecule has 0 saturated carbocycles. The van der Waals surface area contributed by atoms with E-state index in [9.17, 15) is 29.0 Å². The molecule has 0 spiro atoms. The van der Waals surface area contributed by atoms with Gasteiger partial charge in [0.1, 0.15) is 17.9 Å². The minimum absolute atomic E-state index is 0.209. The minimum Gasteiger partial charge on any atom is -0.480 e. The summed E-state index contributed by atoms with van der Waals surface area (Å²) in [6.45, 7) is 2.81. The van der Waals surface area contributed by atoms with E-state index in [1.807, 2.05) is 30.3 Å². The van der Waals surface area contributed by atoms with Crippen LogP contribution in [0.3, 0.4) is 0 Å². The first kappa shape index (κ1) is 23.0. The van der Waals surface area contributed by atoms with E-state index < -0.39 is 41.8 Å². The van der Waals surface area contributed by atoms with Crippen LogP contribution < -0.4 is 10.2 Å². The zero-order valence-electron chi connectivity index (χ0n) is 16.8. The van der Waals surface area contributed by atoms with Gasteiger partial charge < -0.3 is 10.2 Å². The maximum atomic E-state index is 13.3. The number of nitrogens with zero attached hydrogens (tertiary/aromatic N) is 1. The van der Waals surface area contributed by atoms with Crippen molar-refractivity contribution >= 4 is 23.5 Å². The molecule has 0 aliphatic heterocycles. The number of hydrogen-bond acceptors (Lipinski definition) is 4. The first-order valence-electron chi connectivity index (χ1n) is 9.55. The Kier molecular flexibility index (Phi) is 8.06. The third kappa shape index (κ3) is 6.12. The van der Waals surface area contributed by atoms with Crippen molar-refractivity contribution in [3.63, 3.8) is 0 Å². The Bertz CT molecular complexity index is 873. The predicted octanol–water partition coefficient (Wildman–Crippen LogP) is 2.70. The molecule has 2 rings (SSSR count). The number of anilines is 1. The van der Waals surface area contributed by atoms with Crippen LogP contribution in [0, 0.1) is 5.82 Å². The van der Waals surface area contributed by atoms with Gasteiger partial charge in [-0.2, -0.15) is 0 Å². The number of carbonyl (C=O) groups is 3. The average molecular weight is 416 g/mol. The Morgan fingerprint density at radius 2 is 1.57 bits per heavy atom. The first-order chi connectivity index (χ1) is 14.2. The van der Waals surface area contributed by atoms with Crippen LogP contribution in [0.4, 0.5) is 10.1 Å². The Morgan fingerprint density at radius 1 is 0.967 bits per heavy atom. The summed E-state index contributed by atoms with van der Waals surface area (Å²) in [6.07, 6.45) is 0.751. The van der Waals surface area contributed by atoms with E-state index in [1.54, 1.807) is 0 Å². The van der Waals surface area contributed by atoms with E-state index in [4.69, 9.17) is 0 Å². The number of nitrogens with one attached hydrogen (secondary N) is 1.